The van der Waals surface area contributed by atoms with Crippen molar-refractivity contribution < 1.29 is 18.9 Å². The van der Waals surface area contributed by atoms with E-state index in [1.54, 1.807) is 10.9 Å². The normalized spacial score (nSPS) is 16.7. The number of nitrogens with zero attached hydrogens (tertiary/aromatic N) is 1. The molecule has 0 bridgehead atoms. The lowest BCUT2D eigenvalue weighted by Gasteiger charge is -2.32. The second kappa shape index (κ2) is 12.2. The molecule has 3 aromatic rings. The number of aromatic nitrogens is 1. The number of benzene rings is 2. The van der Waals surface area contributed by atoms with E-state index in [0.717, 1.165) is 36.7 Å². The van der Waals surface area contributed by atoms with Crippen LogP contribution in [0.15, 0.2) is 65.5 Å². The van der Waals surface area contributed by atoms with E-state index in [-0.39, 0.29) is 30.1 Å². The van der Waals surface area contributed by atoms with Gasteiger partial charge in [0.2, 0.25) is 5.91 Å². The number of carbonyl (C=O) groups excluding carboxylic acids is 2. The Morgan fingerprint density at radius 3 is 2.34 bits per heavy atom. The first-order chi connectivity index (χ1) is 18.1. The van der Waals surface area contributed by atoms with E-state index in [0.29, 0.717) is 17.8 Å². The molecule has 1 saturated heterocycles. The van der Waals surface area contributed by atoms with Crippen molar-refractivity contribution >= 4 is 36.0 Å². The van der Waals surface area contributed by atoms with Gasteiger partial charge in [-0.05, 0) is 63.7 Å². The molecule has 0 saturated carbocycles. The maximum atomic E-state index is 13.3. The molecule has 1 fully saturated rings. The van der Waals surface area contributed by atoms with Crippen LogP contribution in [-0.2, 0) is 14.1 Å². The number of amides is 2. The fraction of sp³-hybridized carbons (Fsp3) is 0.414. The van der Waals surface area contributed by atoms with Crippen LogP contribution in [0.25, 0.3) is 11.1 Å². The number of nitrogens with one attached hydrogen (secondary N) is 2. The maximum absolute atomic E-state index is 13.3. The monoisotopic (exact) mass is 533 g/mol. The van der Waals surface area contributed by atoms with E-state index in [9.17, 15) is 9.59 Å². The van der Waals surface area contributed by atoms with Crippen molar-refractivity contribution in [1.29, 1.82) is 0 Å². The van der Waals surface area contributed by atoms with Gasteiger partial charge in [0.1, 0.15) is 11.7 Å². The lowest BCUT2D eigenvalue weighted by Crippen LogP contribution is -2.44. The predicted octanol–water partition coefficient (Wildman–Crippen LogP) is 6.20. The van der Waals surface area contributed by atoms with Gasteiger partial charge in [0, 0.05) is 11.1 Å². The van der Waals surface area contributed by atoms with Crippen molar-refractivity contribution in [3.63, 3.8) is 0 Å². The molecule has 0 spiro atoms. The number of carbonyl (C=O) groups is 2. The van der Waals surface area contributed by atoms with Crippen molar-refractivity contribution in [3.05, 3.63) is 71.2 Å². The highest BCUT2D eigenvalue weighted by molar-refractivity contribution is 7.07. The first-order valence-corrected chi connectivity index (χ1v) is 14.1. The maximum Gasteiger partial charge on any atom is 0.457 e. The summed E-state index contributed by atoms with van der Waals surface area (Å²) < 4.78 is 12.2. The molecule has 1 unspecified atom stereocenters. The van der Waals surface area contributed by atoms with Crippen LogP contribution in [-0.4, -0.2) is 41.2 Å². The minimum absolute atomic E-state index is 0.222. The summed E-state index contributed by atoms with van der Waals surface area (Å²) in [7, 11) is -0.222. The van der Waals surface area contributed by atoms with Gasteiger partial charge in [0.15, 0.2) is 0 Å². The van der Waals surface area contributed by atoms with Crippen molar-refractivity contribution in [2.45, 2.75) is 76.9 Å². The molecule has 1 aliphatic heterocycles. The van der Waals surface area contributed by atoms with Crippen LogP contribution < -0.4 is 10.6 Å². The smallest absolute Gasteiger partial charge is 0.403 e. The van der Waals surface area contributed by atoms with E-state index < -0.39 is 6.04 Å². The van der Waals surface area contributed by atoms with E-state index in [1.165, 1.54) is 11.3 Å². The average molecular weight is 534 g/mol. The van der Waals surface area contributed by atoms with Gasteiger partial charge in [0.05, 0.1) is 16.7 Å². The number of thiazole rings is 1. The molecule has 0 radical (unpaired) electrons. The van der Waals surface area contributed by atoms with Gasteiger partial charge in [0.25, 0.3) is 5.91 Å². The molecule has 200 valence electrons. The van der Waals surface area contributed by atoms with Crippen LogP contribution in [0, 0.1) is 0 Å². The van der Waals surface area contributed by atoms with Gasteiger partial charge in [-0.1, -0.05) is 61.7 Å². The molecule has 1 aliphatic rings. The molecule has 2 amide bonds. The number of hydrogen-bond donors (Lipinski definition) is 2. The number of anilines is 1. The van der Waals surface area contributed by atoms with E-state index in [1.807, 2.05) is 54.6 Å². The quantitative estimate of drug-likeness (QED) is 0.226. The third-order valence-corrected chi connectivity index (χ3v) is 7.85. The number of rotatable bonds is 11. The lowest BCUT2D eigenvalue weighted by atomic mass is 9.82. The van der Waals surface area contributed by atoms with Gasteiger partial charge < -0.3 is 19.9 Å². The van der Waals surface area contributed by atoms with Gasteiger partial charge in [-0.25, -0.2) is 4.98 Å². The highest BCUT2D eigenvalue weighted by Gasteiger charge is 2.50. The summed E-state index contributed by atoms with van der Waals surface area (Å²) in [6.45, 7) is 8.21. The molecule has 1 aromatic heterocycles. The number of hydrogen-bond acceptors (Lipinski definition) is 6. The first kappa shape index (κ1) is 28.0. The van der Waals surface area contributed by atoms with Crippen LogP contribution in [0.3, 0.4) is 0 Å². The fourth-order valence-corrected chi connectivity index (χ4v) is 4.91. The van der Waals surface area contributed by atoms with Crippen molar-refractivity contribution in [1.82, 2.24) is 10.3 Å². The second-order valence-corrected chi connectivity index (χ2v) is 11.4. The Morgan fingerprint density at radius 1 is 0.947 bits per heavy atom. The fourth-order valence-electron chi connectivity index (χ4n) is 4.38. The van der Waals surface area contributed by atoms with Crippen LogP contribution in [0.5, 0.6) is 0 Å². The molecule has 2 N–H and O–H groups in total. The van der Waals surface area contributed by atoms with Crippen LogP contribution in [0.2, 0.25) is 6.32 Å². The Hall–Kier alpha value is -3.01. The second-order valence-electron chi connectivity index (χ2n) is 10.7. The molecule has 1 atom stereocenters. The van der Waals surface area contributed by atoms with Gasteiger partial charge in [-0.2, -0.15) is 0 Å². The zero-order chi connectivity index (χ0) is 27.2. The zero-order valence-electron chi connectivity index (χ0n) is 22.5. The minimum atomic E-state index is -0.679. The molecular weight excluding hydrogens is 497 g/mol. The standard InChI is InChI=1S/C29H36BN3O4S/c1-28(2)29(3,4)37-30(36-28)17-10-6-9-16-24(33-27(35)25-19-38-20-31-25)26(34)32-23-15-11-14-22(18-23)21-12-7-5-8-13-21/h5,7-8,11-15,18-20,24H,6,9-10,16-17H2,1-4H3,(H,32,34)(H,33,35). The molecule has 38 heavy (non-hydrogen) atoms. The van der Waals surface area contributed by atoms with Gasteiger partial charge >= 0.3 is 7.12 Å². The van der Waals surface area contributed by atoms with Gasteiger partial charge in [-0.15, -0.1) is 11.3 Å². The Balaban J connectivity index is 1.34. The Morgan fingerprint density at radius 2 is 1.66 bits per heavy atom. The summed E-state index contributed by atoms with van der Waals surface area (Å²) in [6.07, 6.45) is 3.89. The SMILES string of the molecule is CC1(C)OB(CCCCCC(NC(=O)c2cscn2)C(=O)Nc2cccc(-c3ccccc3)c2)OC1(C)C. The average Bonchev–Trinajstić information content (AvgIpc) is 3.49. The zero-order valence-corrected chi connectivity index (χ0v) is 23.3. The summed E-state index contributed by atoms with van der Waals surface area (Å²) in [5.74, 6) is -0.591. The Labute approximate surface area is 229 Å². The van der Waals surface area contributed by atoms with Crippen molar-refractivity contribution in [2.24, 2.45) is 0 Å². The Bertz CT molecular complexity index is 1200. The third kappa shape index (κ3) is 7.10. The van der Waals surface area contributed by atoms with Gasteiger partial charge in [-0.3, -0.25) is 9.59 Å². The first-order valence-electron chi connectivity index (χ1n) is 13.2. The lowest BCUT2D eigenvalue weighted by molar-refractivity contribution is -0.118. The summed E-state index contributed by atoms with van der Waals surface area (Å²) in [6, 6.07) is 17.0. The summed E-state index contributed by atoms with van der Waals surface area (Å²) in [5, 5.41) is 7.56. The van der Waals surface area contributed by atoms with Crippen LogP contribution >= 0.6 is 11.3 Å². The summed E-state index contributed by atoms with van der Waals surface area (Å²) in [5.41, 5.74) is 4.02. The molecule has 2 heterocycles. The Kier molecular flexibility index (Phi) is 9.02. The van der Waals surface area contributed by atoms with E-state index in [2.05, 4.69) is 43.3 Å². The topological polar surface area (TPSA) is 89.5 Å². The van der Waals surface area contributed by atoms with E-state index >= 15 is 0 Å². The molecule has 7 nitrogen and oxygen atoms in total. The summed E-state index contributed by atoms with van der Waals surface area (Å²) in [4.78, 5) is 30.1. The van der Waals surface area contributed by atoms with Crippen LogP contribution in [0.1, 0.15) is 63.9 Å². The van der Waals surface area contributed by atoms with Crippen molar-refractivity contribution in [2.75, 3.05) is 5.32 Å². The van der Waals surface area contributed by atoms with E-state index in [4.69, 9.17) is 9.31 Å². The highest BCUT2D eigenvalue weighted by Crippen LogP contribution is 2.38. The predicted molar refractivity (Wildman–Crippen MR) is 153 cm³/mol. The largest absolute Gasteiger partial charge is 0.457 e. The summed E-state index contributed by atoms with van der Waals surface area (Å²) >= 11 is 1.35. The number of unbranched alkanes of at least 4 members (excludes halogenated alkanes) is 2. The molecule has 4 rings (SSSR count). The highest BCUT2D eigenvalue weighted by atomic mass is 32.1. The molecule has 2 aromatic carbocycles. The molecule has 9 heteroatoms. The van der Waals surface area contributed by atoms with Crippen LogP contribution in [0.4, 0.5) is 5.69 Å². The molecule has 0 aliphatic carbocycles. The molecular formula is C29H36BN3O4S. The minimum Gasteiger partial charge on any atom is -0.403 e. The van der Waals surface area contributed by atoms with Crippen molar-refractivity contribution in [3.8, 4) is 11.1 Å². The third-order valence-electron chi connectivity index (χ3n) is 7.26.